The Kier molecular flexibility index (Phi) is 4.03. The fraction of sp³-hybridized carbons (Fsp3) is 0.167. The van der Waals surface area contributed by atoms with Crippen LogP contribution in [0, 0.1) is 0 Å². The fourth-order valence-corrected chi connectivity index (χ4v) is 2.88. The van der Waals surface area contributed by atoms with E-state index in [0.29, 0.717) is 23.5 Å². The van der Waals surface area contributed by atoms with Gasteiger partial charge in [0.15, 0.2) is 17.3 Å². The van der Waals surface area contributed by atoms with Gasteiger partial charge < -0.3 is 9.47 Å². The highest BCUT2D eigenvalue weighted by atomic mass is 79.9. The zero-order chi connectivity index (χ0) is 15.7. The van der Waals surface area contributed by atoms with Crippen LogP contribution >= 0.6 is 15.9 Å². The molecule has 22 heavy (non-hydrogen) atoms. The Morgan fingerprint density at radius 3 is 2.32 bits per heavy atom. The summed E-state index contributed by atoms with van der Waals surface area (Å²) in [7, 11) is 3.17. The Hall–Kier alpha value is -2.07. The number of Topliss-reactive ketones (excluding diaryl/α,β-unsaturated/α-hetero) is 1. The molecule has 0 amide bonds. The third-order valence-corrected chi connectivity index (χ3v) is 4.27. The molecule has 0 fully saturated rings. The lowest BCUT2D eigenvalue weighted by Gasteiger charge is -2.08. The second-order valence-corrected chi connectivity index (χ2v) is 6.01. The van der Waals surface area contributed by atoms with Gasteiger partial charge in [-0.15, -0.1) is 0 Å². The van der Waals surface area contributed by atoms with Gasteiger partial charge in [-0.2, -0.15) is 0 Å². The van der Waals surface area contributed by atoms with Crippen LogP contribution in [-0.4, -0.2) is 20.0 Å². The van der Waals surface area contributed by atoms with Crippen LogP contribution in [0.4, 0.5) is 0 Å². The predicted molar refractivity (Wildman–Crippen MR) is 89.7 cm³/mol. The van der Waals surface area contributed by atoms with Gasteiger partial charge in [-0.3, -0.25) is 4.79 Å². The lowest BCUT2D eigenvalue weighted by molar-refractivity contribution is 0.104. The first-order chi connectivity index (χ1) is 10.6. The minimum Gasteiger partial charge on any atom is -0.493 e. The molecule has 0 saturated carbocycles. The molecule has 0 bridgehead atoms. The maximum Gasteiger partial charge on any atom is 0.189 e. The largest absolute Gasteiger partial charge is 0.493 e. The number of benzene rings is 2. The van der Waals surface area contributed by atoms with E-state index in [1.54, 1.807) is 20.3 Å². The number of ether oxygens (including phenoxy) is 2. The van der Waals surface area contributed by atoms with Gasteiger partial charge in [0.2, 0.25) is 0 Å². The summed E-state index contributed by atoms with van der Waals surface area (Å²) in [6.45, 7) is 0. The maximum absolute atomic E-state index is 12.6. The SMILES string of the molecule is COc1cc2c(cc1OC)C(=O)/C(=C/c1ccc(Br)cc1)C2. The molecule has 0 unspecified atom stereocenters. The van der Waals surface area contributed by atoms with Crippen molar-refractivity contribution in [1.29, 1.82) is 0 Å². The van der Waals surface area contributed by atoms with Crippen molar-refractivity contribution >= 4 is 27.8 Å². The van der Waals surface area contributed by atoms with Crippen LogP contribution in [0.25, 0.3) is 6.08 Å². The molecule has 0 N–H and O–H groups in total. The molecule has 1 aliphatic rings. The first-order valence-corrected chi connectivity index (χ1v) is 7.67. The van der Waals surface area contributed by atoms with Crippen molar-refractivity contribution in [1.82, 2.24) is 0 Å². The molecule has 0 atom stereocenters. The van der Waals surface area contributed by atoms with Crippen molar-refractivity contribution < 1.29 is 14.3 Å². The molecular formula is C18H15BrO3. The van der Waals surface area contributed by atoms with Gasteiger partial charge >= 0.3 is 0 Å². The topological polar surface area (TPSA) is 35.5 Å². The van der Waals surface area contributed by atoms with Gasteiger partial charge in [-0.25, -0.2) is 0 Å². The average Bonchev–Trinajstić information content (AvgIpc) is 2.83. The maximum atomic E-state index is 12.6. The lowest BCUT2D eigenvalue weighted by Crippen LogP contribution is -1.97. The molecule has 0 heterocycles. The van der Waals surface area contributed by atoms with Crippen molar-refractivity contribution in [2.75, 3.05) is 14.2 Å². The van der Waals surface area contributed by atoms with Gasteiger partial charge in [0.25, 0.3) is 0 Å². The Labute approximate surface area is 137 Å². The smallest absolute Gasteiger partial charge is 0.189 e. The normalized spacial score (nSPS) is 15.0. The number of allylic oxidation sites excluding steroid dienone is 1. The first-order valence-electron chi connectivity index (χ1n) is 6.88. The van der Waals surface area contributed by atoms with Crippen LogP contribution in [0.2, 0.25) is 0 Å². The summed E-state index contributed by atoms with van der Waals surface area (Å²) in [5, 5.41) is 0. The molecule has 0 aliphatic heterocycles. The van der Waals surface area contributed by atoms with E-state index in [1.807, 2.05) is 36.4 Å². The fourth-order valence-electron chi connectivity index (χ4n) is 2.61. The summed E-state index contributed by atoms with van der Waals surface area (Å²) in [5.74, 6) is 1.29. The first kappa shape index (κ1) is 14.9. The zero-order valence-corrected chi connectivity index (χ0v) is 13.9. The summed E-state index contributed by atoms with van der Waals surface area (Å²) >= 11 is 3.41. The van der Waals surface area contributed by atoms with Gasteiger partial charge in [-0.1, -0.05) is 28.1 Å². The number of hydrogen-bond donors (Lipinski definition) is 0. The van der Waals surface area contributed by atoms with Crippen LogP contribution in [0.15, 0.2) is 46.4 Å². The molecule has 1 aliphatic carbocycles. The van der Waals surface area contributed by atoms with E-state index in [-0.39, 0.29) is 5.78 Å². The van der Waals surface area contributed by atoms with Crippen molar-refractivity contribution in [2.45, 2.75) is 6.42 Å². The summed E-state index contributed by atoms with van der Waals surface area (Å²) in [6, 6.07) is 11.5. The summed E-state index contributed by atoms with van der Waals surface area (Å²) in [4.78, 5) is 12.6. The molecule has 2 aromatic rings. The lowest BCUT2D eigenvalue weighted by atomic mass is 10.1. The Balaban J connectivity index is 1.98. The van der Waals surface area contributed by atoms with Crippen molar-refractivity contribution in [3.63, 3.8) is 0 Å². The third-order valence-electron chi connectivity index (χ3n) is 3.74. The summed E-state index contributed by atoms with van der Waals surface area (Å²) in [5.41, 5.74) is 3.47. The van der Waals surface area contributed by atoms with Crippen LogP contribution in [-0.2, 0) is 6.42 Å². The monoisotopic (exact) mass is 358 g/mol. The minimum absolute atomic E-state index is 0.0545. The van der Waals surface area contributed by atoms with Crippen molar-refractivity contribution in [3.8, 4) is 11.5 Å². The van der Waals surface area contributed by atoms with Gasteiger partial charge in [0.1, 0.15) is 0 Å². The number of rotatable bonds is 3. The molecule has 4 heteroatoms. The van der Waals surface area contributed by atoms with E-state index in [0.717, 1.165) is 21.2 Å². The number of carbonyl (C=O) groups excluding carboxylic acids is 1. The number of ketones is 1. The Bertz CT molecular complexity index is 761. The van der Waals surface area contributed by atoms with E-state index in [4.69, 9.17) is 9.47 Å². The predicted octanol–water partition coefficient (Wildman–Crippen LogP) is 4.29. The molecule has 3 rings (SSSR count). The molecule has 0 radical (unpaired) electrons. The minimum atomic E-state index is 0.0545. The van der Waals surface area contributed by atoms with E-state index >= 15 is 0 Å². The molecular weight excluding hydrogens is 344 g/mol. The van der Waals surface area contributed by atoms with E-state index in [1.165, 1.54) is 0 Å². The summed E-state index contributed by atoms with van der Waals surface area (Å²) in [6.07, 6.45) is 2.55. The second-order valence-electron chi connectivity index (χ2n) is 5.09. The van der Waals surface area contributed by atoms with Crippen LogP contribution < -0.4 is 9.47 Å². The third kappa shape index (κ3) is 2.66. The van der Waals surface area contributed by atoms with Crippen LogP contribution in [0.5, 0.6) is 11.5 Å². The highest BCUT2D eigenvalue weighted by Gasteiger charge is 2.27. The van der Waals surface area contributed by atoms with Crippen molar-refractivity contribution in [2.24, 2.45) is 0 Å². The van der Waals surface area contributed by atoms with Gasteiger partial charge in [-0.05, 0) is 41.5 Å². The number of methoxy groups -OCH3 is 2. The number of hydrogen-bond acceptors (Lipinski definition) is 3. The molecule has 112 valence electrons. The van der Waals surface area contributed by atoms with E-state index < -0.39 is 0 Å². The highest BCUT2D eigenvalue weighted by Crippen LogP contribution is 2.37. The molecule has 3 nitrogen and oxygen atoms in total. The van der Waals surface area contributed by atoms with E-state index in [2.05, 4.69) is 15.9 Å². The number of carbonyl (C=O) groups is 1. The summed E-state index contributed by atoms with van der Waals surface area (Å²) < 4.78 is 11.6. The molecule has 0 spiro atoms. The molecule has 2 aromatic carbocycles. The van der Waals surface area contributed by atoms with Gasteiger partial charge in [0.05, 0.1) is 14.2 Å². The molecule has 0 saturated heterocycles. The number of halogens is 1. The van der Waals surface area contributed by atoms with Crippen LogP contribution in [0.1, 0.15) is 21.5 Å². The highest BCUT2D eigenvalue weighted by molar-refractivity contribution is 9.10. The Morgan fingerprint density at radius 2 is 1.68 bits per heavy atom. The standard InChI is InChI=1S/C18H15BrO3/c1-21-16-9-12-8-13(7-11-3-5-14(19)6-4-11)18(20)15(12)10-17(16)22-2/h3-7,9-10H,8H2,1-2H3/b13-7+. The average molecular weight is 359 g/mol. The zero-order valence-electron chi connectivity index (χ0n) is 12.4. The quantitative estimate of drug-likeness (QED) is 0.767. The van der Waals surface area contributed by atoms with E-state index in [9.17, 15) is 4.79 Å². The van der Waals surface area contributed by atoms with Gasteiger partial charge in [0, 0.05) is 22.0 Å². The van der Waals surface area contributed by atoms with Crippen LogP contribution in [0.3, 0.4) is 0 Å². The molecule has 0 aromatic heterocycles. The Morgan fingerprint density at radius 1 is 1.05 bits per heavy atom. The van der Waals surface area contributed by atoms with Crippen molar-refractivity contribution in [3.05, 3.63) is 63.1 Å². The number of fused-ring (bicyclic) bond motifs is 1. The second kappa shape index (κ2) is 5.97.